The molecule has 2 N–H and O–H groups in total. The maximum atomic E-state index is 11.2. The van der Waals surface area contributed by atoms with E-state index in [4.69, 9.17) is 21.1 Å². The number of hydrogen-bond donors (Lipinski definition) is 2. The molecule has 8 nitrogen and oxygen atoms in total. The molecule has 0 aliphatic carbocycles. The number of rotatable bonds is 8. The molecule has 0 unspecified atom stereocenters. The van der Waals surface area contributed by atoms with Gasteiger partial charge in [0, 0.05) is 17.6 Å². The van der Waals surface area contributed by atoms with Crippen LogP contribution in [0.25, 0.3) is 0 Å². The fourth-order valence-corrected chi connectivity index (χ4v) is 3.19. The van der Waals surface area contributed by atoms with Gasteiger partial charge in [0.25, 0.3) is 0 Å². The third-order valence-electron chi connectivity index (χ3n) is 4.49. The monoisotopic (exact) mass is 537 g/mol. The summed E-state index contributed by atoms with van der Waals surface area (Å²) < 4.78 is 9.90. The fraction of sp³-hybridized carbons (Fsp3) is 0.300. The molecule has 1 aliphatic heterocycles. The molecule has 13 heteroatoms. The SMILES string of the molecule is C[C@H](Cc1ccc2c(c1)OC(C(=O)[O-])(C(=O)[O-])O2)NC[C@H](O)c1cccc(Cl)c1.Cl.Cl.[Na+].[Na+]. The van der Waals surface area contributed by atoms with Crippen LogP contribution in [0.15, 0.2) is 42.5 Å². The van der Waals surface area contributed by atoms with E-state index in [1.807, 2.05) is 6.92 Å². The number of fused-ring (bicyclic) bond motifs is 1. The van der Waals surface area contributed by atoms with Gasteiger partial charge in [-0.3, -0.25) is 0 Å². The van der Waals surface area contributed by atoms with Crippen LogP contribution in [0, 0.1) is 0 Å². The average molecular weight is 539 g/mol. The summed E-state index contributed by atoms with van der Waals surface area (Å²) in [6.45, 7) is 2.20. The van der Waals surface area contributed by atoms with Crippen molar-refractivity contribution in [3.63, 3.8) is 0 Å². The second-order valence-electron chi connectivity index (χ2n) is 6.76. The van der Waals surface area contributed by atoms with E-state index < -0.39 is 23.8 Å². The Hall–Kier alpha value is -0.230. The van der Waals surface area contributed by atoms with Gasteiger partial charge in [0.1, 0.15) is 11.9 Å². The molecule has 0 saturated carbocycles. The Morgan fingerprint density at radius 3 is 2.24 bits per heavy atom. The topological polar surface area (TPSA) is 131 Å². The zero-order valence-electron chi connectivity index (χ0n) is 18.2. The molecule has 0 saturated heterocycles. The van der Waals surface area contributed by atoms with Gasteiger partial charge in [-0.2, -0.15) is 0 Å². The number of hydrogen-bond acceptors (Lipinski definition) is 8. The van der Waals surface area contributed by atoms with Crippen LogP contribution in [-0.2, 0) is 16.0 Å². The fourth-order valence-electron chi connectivity index (χ4n) is 2.99. The minimum atomic E-state index is -2.99. The number of carbonyl (C=O) groups is 2. The zero-order valence-corrected chi connectivity index (χ0v) is 24.6. The third kappa shape index (κ3) is 8.44. The van der Waals surface area contributed by atoms with Crippen molar-refractivity contribution in [3.05, 3.63) is 58.6 Å². The Kier molecular flexibility index (Phi) is 15.9. The number of aliphatic hydroxyl groups is 1. The number of carboxylic acids is 2. The van der Waals surface area contributed by atoms with Gasteiger partial charge >= 0.3 is 64.9 Å². The van der Waals surface area contributed by atoms with Gasteiger partial charge < -0.3 is 39.7 Å². The maximum Gasteiger partial charge on any atom is 1.00 e. The first-order valence-corrected chi connectivity index (χ1v) is 9.20. The summed E-state index contributed by atoms with van der Waals surface area (Å²) in [6.07, 6.45) is -0.234. The van der Waals surface area contributed by atoms with Crippen molar-refractivity contribution in [1.29, 1.82) is 0 Å². The molecular formula is C20H20Cl3NNa2O7. The van der Waals surface area contributed by atoms with Crippen LogP contribution in [0.4, 0.5) is 0 Å². The summed E-state index contributed by atoms with van der Waals surface area (Å²) in [4.78, 5) is 22.3. The van der Waals surface area contributed by atoms with Gasteiger partial charge in [0.2, 0.25) is 0 Å². The van der Waals surface area contributed by atoms with Gasteiger partial charge in [0.05, 0.1) is 6.10 Å². The van der Waals surface area contributed by atoms with Crippen molar-refractivity contribution in [2.45, 2.75) is 31.3 Å². The van der Waals surface area contributed by atoms with Crippen LogP contribution in [-0.4, -0.2) is 35.4 Å². The molecule has 2 aromatic rings. The Balaban J connectivity index is 0. The maximum absolute atomic E-state index is 11.2. The second kappa shape index (κ2) is 15.0. The van der Waals surface area contributed by atoms with Gasteiger partial charge in [-0.1, -0.05) is 29.8 Å². The predicted molar refractivity (Wildman–Crippen MR) is 113 cm³/mol. The van der Waals surface area contributed by atoms with E-state index in [9.17, 15) is 24.9 Å². The van der Waals surface area contributed by atoms with Crippen molar-refractivity contribution >= 4 is 48.4 Å². The first-order valence-electron chi connectivity index (χ1n) is 8.82. The molecule has 170 valence electrons. The smallest absolute Gasteiger partial charge is 0.542 e. The molecule has 0 aromatic heterocycles. The Morgan fingerprint density at radius 1 is 1.06 bits per heavy atom. The number of nitrogens with one attached hydrogen (secondary N) is 1. The molecule has 2 atom stereocenters. The molecule has 0 fully saturated rings. The van der Waals surface area contributed by atoms with Crippen LogP contribution in [0.3, 0.4) is 0 Å². The van der Waals surface area contributed by atoms with Crippen molar-refractivity contribution < 1.29 is 93.5 Å². The van der Waals surface area contributed by atoms with Crippen LogP contribution in [0.1, 0.15) is 24.2 Å². The van der Waals surface area contributed by atoms with Crippen molar-refractivity contribution in [3.8, 4) is 11.5 Å². The van der Waals surface area contributed by atoms with Gasteiger partial charge in [-0.15, -0.1) is 24.8 Å². The molecule has 1 heterocycles. The number of aliphatic carboxylic acids is 2. The molecule has 0 amide bonds. The van der Waals surface area contributed by atoms with Crippen LogP contribution >= 0.6 is 36.4 Å². The Morgan fingerprint density at radius 2 is 1.67 bits per heavy atom. The summed E-state index contributed by atoms with van der Waals surface area (Å²) in [7, 11) is 0. The van der Waals surface area contributed by atoms with Crippen LogP contribution < -0.4 is 84.1 Å². The number of aliphatic hydroxyl groups excluding tert-OH is 1. The predicted octanol–water partition coefficient (Wildman–Crippen LogP) is -5.59. The number of carboxylic acid groups (broad SMARTS) is 2. The number of ether oxygens (including phenoxy) is 2. The summed E-state index contributed by atoms with van der Waals surface area (Å²) in [5, 5.41) is 36.3. The Bertz CT molecular complexity index is 938. The van der Waals surface area contributed by atoms with Gasteiger partial charge in [0.15, 0.2) is 11.5 Å². The summed E-state index contributed by atoms with van der Waals surface area (Å²) >= 11 is 5.93. The standard InChI is InChI=1S/C20H20ClNO7.2ClH.2Na/c1-11(22-10-15(23)13-3-2-4-14(21)9-13)7-12-5-6-16-17(8-12)29-20(28-16,18(24)25)19(26)27;;;;/h2-6,8-9,11,15,22-23H,7,10H2,1H3,(H,24,25)(H,26,27);2*1H;;/q;;;2*+1/p-2/t11-,15+;;;;/m1..../s1. The second-order valence-corrected chi connectivity index (χ2v) is 7.20. The van der Waals surface area contributed by atoms with E-state index in [-0.39, 0.29) is 101 Å². The van der Waals surface area contributed by atoms with Crippen molar-refractivity contribution in [2.75, 3.05) is 6.54 Å². The summed E-state index contributed by atoms with van der Waals surface area (Å²) in [5.74, 6) is -7.16. The normalized spacial score (nSPS) is 14.3. The first-order chi connectivity index (χ1) is 13.7. The first kappa shape index (κ1) is 34.9. The average Bonchev–Trinajstić information content (AvgIpc) is 3.06. The number of halogens is 3. The molecule has 1 aliphatic rings. The van der Waals surface area contributed by atoms with Crippen molar-refractivity contribution in [2.24, 2.45) is 0 Å². The van der Waals surface area contributed by atoms with Crippen LogP contribution in [0.2, 0.25) is 5.02 Å². The van der Waals surface area contributed by atoms with E-state index in [2.05, 4.69) is 5.32 Å². The zero-order chi connectivity index (χ0) is 21.2. The van der Waals surface area contributed by atoms with Gasteiger partial charge in [-0.25, -0.2) is 0 Å². The van der Waals surface area contributed by atoms with Gasteiger partial charge in [-0.05, 0) is 48.7 Å². The number of benzene rings is 2. The van der Waals surface area contributed by atoms with E-state index >= 15 is 0 Å². The molecule has 2 aromatic carbocycles. The largest absolute Gasteiger partial charge is 1.00 e. The molecule has 0 spiro atoms. The third-order valence-corrected chi connectivity index (χ3v) is 4.72. The number of carbonyl (C=O) groups excluding carboxylic acids is 2. The van der Waals surface area contributed by atoms with E-state index in [0.717, 1.165) is 5.56 Å². The minimum Gasteiger partial charge on any atom is -0.542 e. The molecule has 0 radical (unpaired) electrons. The summed E-state index contributed by atoms with van der Waals surface area (Å²) in [6, 6.07) is 11.5. The minimum absolute atomic E-state index is 0. The van der Waals surface area contributed by atoms with Crippen molar-refractivity contribution in [1.82, 2.24) is 5.32 Å². The van der Waals surface area contributed by atoms with E-state index in [1.54, 1.807) is 30.3 Å². The van der Waals surface area contributed by atoms with Crippen LogP contribution in [0.5, 0.6) is 11.5 Å². The van der Waals surface area contributed by atoms with E-state index in [0.29, 0.717) is 23.6 Å². The Labute approximate surface area is 252 Å². The quantitative estimate of drug-likeness (QED) is 0.251. The molecule has 33 heavy (non-hydrogen) atoms. The molecule has 3 rings (SSSR count). The molecule has 0 bridgehead atoms. The molecular weight excluding hydrogens is 519 g/mol. The summed E-state index contributed by atoms with van der Waals surface area (Å²) in [5.41, 5.74) is 1.44. The van der Waals surface area contributed by atoms with E-state index in [1.165, 1.54) is 12.1 Å².